The predicted octanol–water partition coefficient (Wildman–Crippen LogP) is 3.52. The lowest BCUT2D eigenvalue weighted by atomic mass is 9.77. The first-order valence-corrected chi connectivity index (χ1v) is 8.67. The molecular formula is C17H34N2. The zero-order valence-electron chi connectivity index (χ0n) is 13.3. The molecule has 1 saturated carbocycles. The number of piperidine rings is 1. The topological polar surface area (TPSA) is 15.3 Å². The maximum atomic E-state index is 3.50. The standard InChI is InChI=1S/C17H34N2/c1-4-12-19(13-16-8-10-18-11-9-16)17-7-5-6-14(2)15(17)3/h14-18H,4-13H2,1-3H3. The fourth-order valence-corrected chi connectivity index (χ4v) is 4.14. The van der Waals surface area contributed by atoms with Gasteiger partial charge in [-0.1, -0.05) is 33.6 Å². The Labute approximate surface area is 120 Å². The lowest BCUT2D eigenvalue weighted by Gasteiger charge is -2.43. The zero-order valence-corrected chi connectivity index (χ0v) is 13.3. The van der Waals surface area contributed by atoms with Crippen LogP contribution in [0.3, 0.4) is 0 Å². The molecule has 0 spiro atoms. The van der Waals surface area contributed by atoms with Crippen LogP contribution in [-0.4, -0.2) is 37.1 Å². The van der Waals surface area contributed by atoms with Gasteiger partial charge in [0.1, 0.15) is 0 Å². The third kappa shape index (κ3) is 4.19. The molecule has 19 heavy (non-hydrogen) atoms. The summed E-state index contributed by atoms with van der Waals surface area (Å²) in [6.07, 6.45) is 8.42. The van der Waals surface area contributed by atoms with Crippen molar-refractivity contribution in [2.24, 2.45) is 17.8 Å². The smallest absolute Gasteiger partial charge is 0.0123 e. The Morgan fingerprint density at radius 2 is 1.79 bits per heavy atom. The summed E-state index contributed by atoms with van der Waals surface area (Å²) in [7, 11) is 0. The second kappa shape index (κ2) is 7.64. The highest BCUT2D eigenvalue weighted by Crippen LogP contribution is 2.33. The molecule has 3 unspecified atom stereocenters. The Morgan fingerprint density at radius 1 is 1.05 bits per heavy atom. The molecule has 2 heteroatoms. The molecule has 0 aromatic heterocycles. The van der Waals surface area contributed by atoms with Gasteiger partial charge in [-0.15, -0.1) is 0 Å². The highest BCUT2D eigenvalue weighted by molar-refractivity contribution is 4.86. The molecule has 1 heterocycles. The Morgan fingerprint density at radius 3 is 2.47 bits per heavy atom. The van der Waals surface area contributed by atoms with Gasteiger partial charge in [-0.3, -0.25) is 4.90 Å². The van der Waals surface area contributed by atoms with Crippen LogP contribution in [0.15, 0.2) is 0 Å². The summed E-state index contributed by atoms with van der Waals surface area (Å²) in [4.78, 5) is 2.86. The van der Waals surface area contributed by atoms with Crippen molar-refractivity contribution in [1.29, 1.82) is 0 Å². The molecule has 2 nitrogen and oxygen atoms in total. The van der Waals surface area contributed by atoms with Crippen molar-refractivity contribution in [2.75, 3.05) is 26.2 Å². The minimum atomic E-state index is 0.860. The summed E-state index contributed by atoms with van der Waals surface area (Å²) in [5.74, 6) is 2.75. The molecule has 3 atom stereocenters. The van der Waals surface area contributed by atoms with Gasteiger partial charge >= 0.3 is 0 Å². The van der Waals surface area contributed by atoms with Gasteiger partial charge in [0.2, 0.25) is 0 Å². The van der Waals surface area contributed by atoms with Gasteiger partial charge in [-0.2, -0.15) is 0 Å². The van der Waals surface area contributed by atoms with E-state index < -0.39 is 0 Å². The van der Waals surface area contributed by atoms with E-state index >= 15 is 0 Å². The Hall–Kier alpha value is -0.0800. The van der Waals surface area contributed by atoms with E-state index in [0.717, 1.165) is 23.8 Å². The van der Waals surface area contributed by atoms with Crippen LogP contribution in [-0.2, 0) is 0 Å². The van der Waals surface area contributed by atoms with Crippen molar-refractivity contribution in [3.63, 3.8) is 0 Å². The zero-order chi connectivity index (χ0) is 13.7. The van der Waals surface area contributed by atoms with Crippen molar-refractivity contribution in [3.8, 4) is 0 Å². The summed E-state index contributed by atoms with van der Waals surface area (Å²) < 4.78 is 0. The molecule has 112 valence electrons. The largest absolute Gasteiger partial charge is 0.317 e. The lowest BCUT2D eigenvalue weighted by molar-refractivity contribution is 0.0630. The van der Waals surface area contributed by atoms with Crippen molar-refractivity contribution >= 4 is 0 Å². The molecule has 1 N–H and O–H groups in total. The van der Waals surface area contributed by atoms with E-state index in [1.54, 1.807) is 0 Å². The minimum Gasteiger partial charge on any atom is -0.317 e. The van der Waals surface area contributed by atoms with Crippen LogP contribution < -0.4 is 5.32 Å². The van der Waals surface area contributed by atoms with Gasteiger partial charge in [0.15, 0.2) is 0 Å². The molecule has 1 aliphatic heterocycles. The summed E-state index contributed by atoms with van der Waals surface area (Å²) in [5, 5.41) is 3.50. The third-order valence-corrected chi connectivity index (χ3v) is 5.60. The van der Waals surface area contributed by atoms with Gasteiger partial charge in [-0.05, 0) is 63.1 Å². The van der Waals surface area contributed by atoms with Crippen molar-refractivity contribution in [3.05, 3.63) is 0 Å². The SMILES string of the molecule is CCCN(CC1CCNCC1)C1CCCC(C)C1C. The summed E-state index contributed by atoms with van der Waals surface area (Å²) in [6.45, 7) is 12.4. The van der Waals surface area contributed by atoms with Crippen LogP contribution in [0.2, 0.25) is 0 Å². The van der Waals surface area contributed by atoms with Gasteiger partial charge in [0, 0.05) is 12.6 Å². The fourth-order valence-electron chi connectivity index (χ4n) is 4.14. The molecule has 2 rings (SSSR count). The molecule has 1 saturated heterocycles. The summed E-state index contributed by atoms with van der Waals surface area (Å²) in [6, 6.07) is 0.860. The van der Waals surface area contributed by atoms with Crippen LogP contribution in [0.1, 0.15) is 59.3 Å². The van der Waals surface area contributed by atoms with Crippen LogP contribution in [0, 0.1) is 17.8 Å². The number of nitrogens with one attached hydrogen (secondary N) is 1. The molecule has 2 aliphatic rings. The van der Waals surface area contributed by atoms with E-state index in [4.69, 9.17) is 0 Å². The molecule has 0 aromatic carbocycles. The number of rotatable bonds is 5. The van der Waals surface area contributed by atoms with Crippen molar-refractivity contribution in [1.82, 2.24) is 10.2 Å². The van der Waals surface area contributed by atoms with Crippen LogP contribution in [0.4, 0.5) is 0 Å². The van der Waals surface area contributed by atoms with E-state index in [1.165, 1.54) is 64.7 Å². The van der Waals surface area contributed by atoms with E-state index in [9.17, 15) is 0 Å². The predicted molar refractivity (Wildman–Crippen MR) is 83.4 cm³/mol. The average Bonchev–Trinajstić information content (AvgIpc) is 2.43. The van der Waals surface area contributed by atoms with E-state index in [1.807, 2.05) is 0 Å². The van der Waals surface area contributed by atoms with Gasteiger partial charge in [0.25, 0.3) is 0 Å². The van der Waals surface area contributed by atoms with Gasteiger partial charge in [-0.25, -0.2) is 0 Å². The highest BCUT2D eigenvalue weighted by Gasteiger charge is 2.32. The lowest BCUT2D eigenvalue weighted by Crippen LogP contribution is -2.47. The van der Waals surface area contributed by atoms with E-state index in [2.05, 4.69) is 31.0 Å². The third-order valence-electron chi connectivity index (χ3n) is 5.60. The fraction of sp³-hybridized carbons (Fsp3) is 1.00. The quantitative estimate of drug-likeness (QED) is 0.819. The number of hydrogen-bond donors (Lipinski definition) is 1. The highest BCUT2D eigenvalue weighted by atomic mass is 15.2. The minimum absolute atomic E-state index is 0.860. The van der Waals surface area contributed by atoms with Crippen LogP contribution in [0.5, 0.6) is 0 Å². The van der Waals surface area contributed by atoms with Crippen molar-refractivity contribution in [2.45, 2.75) is 65.3 Å². The average molecular weight is 266 g/mol. The van der Waals surface area contributed by atoms with E-state index in [0.29, 0.717) is 0 Å². The first-order valence-electron chi connectivity index (χ1n) is 8.67. The molecule has 0 aromatic rings. The Balaban J connectivity index is 1.93. The second-order valence-corrected chi connectivity index (χ2v) is 7.02. The molecular weight excluding hydrogens is 232 g/mol. The van der Waals surface area contributed by atoms with Crippen LogP contribution in [0.25, 0.3) is 0 Å². The molecule has 2 fully saturated rings. The molecule has 0 amide bonds. The summed E-state index contributed by atoms with van der Waals surface area (Å²) >= 11 is 0. The van der Waals surface area contributed by atoms with E-state index in [-0.39, 0.29) is 0 Å². The van der Waals surface area contributed by atoms with Crippen molar-refractivity contribution < 1.29 is 0 Å². The summed E-state index contributed by atoms with van der Waals surface area (Å²) in [5.41, 5.74) is 0. The maximum absolute atomic E-state index is 3.50. The Bertz CT molecular complexity index is 248. The first kappa shape index (κ1) is 15.3. The van der Waals surface area contributed by atoms with Gasteiger partial charge in [0.05, 0.1) is 0 Å². The second-order valence-electron chi connectivity index (χ2n) is 7.02. The number of hydrogen-bond acceptors (Lipinski definition) is 2. The van der Waals surface area contributed by atoms with Crippen LogP contribution >= 0.6 is 0 Å². The number of nitrogens with zero attached hydrogens (tertiary/aromatic N) is 1. The normalized spacial score (nSPS) is 33.8. The van der Waals surface area contributed by atoms with Gasteiger partial charge < -0.3 is 5.32 Å². The molecule has 0 bridgehead atoms. The maximum Gasteiger partial charge on any atom is 0.0123 e. The Kier molecular flexibility index (Phi) is 6.15. The molecule has 0 radical (unpaired) electrons. The monoisotopic (exact) mass is 266 g/mol. The molecule has 1 aliphatic carbocycles. The first-order chi connectivity index (χ1) is 9.22.